The zero-order valence-electron chi connectivity index (χ0n) is 10.0. The van der Waals surface area contributed by atoms with Gasteiger partial charge in [0.25, 0.3) is 0 Å². The molecule has 0 spiro atoms. The molecule has 0 radical (unpaired) electrons. The van der Waals surface area contributed by atoms with E-state index < -0.39 is 5.60 Å². The molecule has 1 atom stereocenters. The summed E-state index contributed by atoms with van der Waals surface area (Å²) < 4.78 is 0. The quantitative estimate of drug-likeness (QED) is 0.728. The third-order valence-electron chi connectivity index (χ3n) is 3.91. The highest BCUT2D eigenvalue weighted by atomic mass is 16.3. The van der Waals surface area contributed by atoms with E-state index in [9.17, 15) is 9.90 Å². The number of carbonyl (C=O) groups excluding carboxylic acids is 1. The molecule has 92 valence electrons. The monoisotopic (exact) mass is 226 g/mol. The summed E-state index contributed by atoms with van der Waals surface area (Å²) in [5, 5.41) is 13.1. The van der Waals surface area contributed by atoms with Gasteiger partial charge in [-0.05, 0) is 38.3 Å². The lowest BCUT2D eigenvalue weighted by Gasteiger charge is -2.46. The van der Waals surface area contributed by atoms with Crippen molar-refractivity contribution in [2.24, 2.45) is 5.92 Å². The Balaban J connectivity index is 1.65. The van der Waals surface area contributed by atoms with E-state index in [-0.39, 0.29) is 5.91 Å². The summed E-state index contributed by atoms with van der Waals surface area (Å²) in [5.41, 5.74) is -0.593. The van der Waals surface area contributed by atoms with E-state index in [0.29, 0.717) is 25.4 Å². The van der Waals surface area contributed by atoms with Crippen LogP contribution in [0.5, 0.6) is 0 Å². The molecule has 2 aliphatic rings. The summed E-state index contributed by atoms with van der Waals surface area (Å²) in [7, 11) is 0. The first-order valence-corrected chi connectivity index (χ1v) is 6.34. The maximum atomic E-state index is 11.8. The average Bonchev–Trinajstić information content (AvgIpc) is 2.74. The fourth-order valence-corrected chi connectivity index (χ4v) is 2.51. The minimum Gasteiger partial charge on any atom is -0.386 e. The van der Waals surface area contributed by atoms with Gasteiger partial charge in [-0.25, -0.2) is 0 Å². The van der Waals surface area contributed by atoms with Crippen LogP contribution in [0, 0.1) is 5.92 Å². The van der Waals surface area contributed by atoms with Crippen molar-refractivity contribution >= 4 is 5.91 Å². The van der Waals surface area contributed by atoms with Gasteiger partial charge in [0.1, 0.15) is 0 Å². The van der Waals surface area contributed by atoms with Crippen LogP contribution in [0.2, 0.25) is 0 Å². The van der Waals surface area contributed by atoms with Gasteiger partial charge in [-0.15, -0.1) is 0 Å². The topological polar surface area (TPSA) is 52.6 Å². The van der Waals surface area contributed by atoms with Gasteiger partial charge >= 0.3 is 0 Å². The van der Waals surface area contributed by atoms with Gasteiger partial charge in [-0.3, -0.25) is 4.79 Å². The van der Waals surface area contributed by atoms with Crippen LogP contribution in [-0.4, -0.2) is 47.7 Å². The number of hydrogen-bond donors (Lipinski definition) is 2. The Morgan fingerprint density at radius 1 is 1.56 bits per heavy atom. The zero-order chi connectivity index (χ0) is 11.6. The second kappa shape index (κ2) is 4.72. The molecule has 2 heterocycles. The van der Waals surface area contributed by atoms with Crippen LogP contribution in [0.3, 0.4) is 0 Å². The zero-order valence-corrected chi connectivity index (χ0v) is 10.0. The molecule has 0 aromatic rings. The fraction of sp³-hybridized carbons (Fsp3) is 0.917. The summed E-state index contributed by atoms with van der Waals surface area (Å²) in [4.78, 5) is 13.6. The van der Waals surface area contributed by atoms with E-state index in [0.717, 1.165) is 25.9 Å². The standard InChI is InChI=1S/C12H22N2O2/c1-2-12(16)8-14(9-12)11(15)4-3-10-5-6-13-7-10/h10,13,16H,2-9H2,1H3. The molecule has 0 saturated carbocycles. The summed E-state index contributed by atoms with van der Waals surface area (Å²) in [6, 6.07) is 0. The fourth-order valence-electron chi connectivity index (χ4n) is 2.51. The van der Waals surface area contributed by atoms with Crippen LogP contribution in [0.15, 0.2) is 0 Å². The number of aliphatic hydroxyl groups is 1. The Bertz CT molecular complexity index is 256. The van der Waals surface area contributed by atoms with Crippen molar-refractivity contribution in [3.8, 4) is 0 Å². The number of β-amino-alcohol motifs (C(OH)–C–C–N with tert-alkyl or cyclic N) is 1. The molecule has 1 unspecified atom stereocenters. The molecule has 2 fully saturated rings. The number of nitrogens with zero attached hydrogens (tertiary/aromatic N) is 1. The molecule has 2 aliphatic heterocycles. The minimum absolute atomic E-state index is 0.213. The smallest absolute Gasteiger partial charge is 0.222 e. The van der Waals surface area contributed by atoms with Crippen LogP contribution >= 0.6 is 0 Å². The molecule has 0 aromatic heterocycles. The lowest BCUT2D eigenvalue weighted by Crippen LogP contribution is -2.63. The van der Waals surface area contributed by atoms with E-state index in [1.807, 2.05) is 6.92 Å². The van der Waals surface area contributed by atoms with Crippen LogP contribution in [-0.2, 0) is 4.79 Å². The predicted octanol–water partition coefficient (Wildman–Crippen LogP) is 0.359. The third-order valence-corrected chi connectivity index (χ3v) is 3.91. The summed E-state index contributed by atoms with van der Waals surface area (Å²) in [6.45, 7) is 5.19. The molecular formula is C12H22N2O2. The highest BCUT2D eigenvalue weighted by Crippen LogP contribution is 2.25. The summed E-state index contributed by atoms with van der Waals surface area (Å²) in [5.74, 6) is 0.889. The van der Waals surface area contributed by atoms with Gasteiger partial charge < -0.3 is 15.3 Å². The van der Waals surface area contributed by atoms with E-state index in [1.54, 1.807) is 4.90 Å². The highest BCUT2D eigenvalue weighted by molar-refractivity contribution is 5.77. The second-order valence-corrected chi connectivity index (χ2v) is 5.23. The number of likely N-dealkylation sites (tertiary alicyclic amines) is 1. The lowest BCUT2D eigenvalue weighted by atomic mass is 9.90. The largest absolute Gasteiger partial charge is 0.386 e. The molecule has 1 amide bonds. The van der Waals surface area contributed by atoms with Crippen LogP contribution in [0.1, 0.15) is 32.6 Å². The molecular weight excluding hydrogens is 204 g/mol. The summed E-state index contributed by atoms with van der Waals surface area (Å²) in [6.07, 6.45) is 3.58. The molecule has 4 heteroatoms. The van der Waals surface area contributed by atoms with E-state index >= 15 is 0 Å². The van der Waals surface area contributed by atoms with Gasteiger partial charge in [0.2, 0.25) is 5.91 Å². The number of rotatable bonds is 4. The maximum Gasteiger partial charge on any atom is 0.222 e. The first-order valence-electron chi connectivity index (χ1n) is 6.34. The first kappa shape index (κ1) is 11.9. The van der Waals surface area contributed by atoms with Gasteiger partial charge in [-0.1, -0.05) is 6.92 Å². The Morgan fingerprint density at radius 3 is 2.88 bits per heavy atom. The van der Waals surface area contributed by atoms with Gasteiger partial charge in [0.05, 0.1) is 18.7 Å². The van der Waals surface area contributed by atoms with Gasteiger partial charge in [0.15, 0.2) is 0 Å². The van der Waals surface area contributed by atoms with Gasteiger partial charge in [0, 0.05) is 6.42 Å². The Labute approximate surface area is 97.0 Å². The molecule has 4 nitrogen and oxygen atoms in total. The minimum atomic E-state index is -0.593. The highest BCUT2D eigenvalue weighted by Gasteiger charge is 2.41. The maximum absolute atomic E-state index is 11.8. The number of hydrogen-bond acceptors (Lipinski definition) is 3. The van der Waals surface area contributed by atoms with Crippen molar-refractivity contribution in [3.05, 3.63) is 0 Å². The first-order chi connectivity index (χ1) is 7.63. The van der Waals surface area contributed by atoms with Crippen molar-refractivity contribution in [2.45, 2.75) is 38.2 Å². The van der Waals surface area contributed by atoms with E-state index in [1.165, 1.54) is 6.42 Å². The predicted molar refractivity (Wildman–Crippen MR) is 62.0 cm³/mol. The summed E-state index contributed by atoms with van der Waals surface area (Å²) >= 11 is 0. The van der Waals surface area contributed by atoms with Crippen molar-refractivity contribution in [3.63, 3.8) is 0 Å². The SMILES string of the molecule is CCC1(O)CN(C(=O)CCC2CCNC2)C1. The Morgan fingerprint density at radius 2 is 2.31 bits per heavy atom. The molecule has 0 bridgehead atoms. The number of carbonyl (C=O) groups is 1. The molecule has 2 saturated heterocycles. The van der Waals surface area contributed by atoms with E-state index in [2.05, 4.69) is 5.32 Å². The van der Waals surface area contributed by atoms with Crippen molar-refractivity contribution in [1.82, 2.24) is 10.2 Å². The van der Waals surface area contributed by atoms with Crippen LogP contribution < -0.4 is 5.32 Å². The molecule has 16 heavy (non-hydrogen) atoms. The van der Waals surface area contributed by atoms with Crippen LogP contribution in [0.25, 0.3) is 0 Å². The van der Waals surface area contributed by atoms with Gasteiger partial charge in [-0.2, -0.15) is 0 Å². The third kappa shape index (κ3) is 2.55. The van der Waals surface area contributed by atoms with Crippen LogP contribution in [0.4, 0.5) is 0 Å². The van der Waals surface area contributed by atoms with Crippen molar-refractivity contribution < 1.29 is 9.90 Å². The Kier molecular flexibility index (Phi) is 3.50. The lowest BCUT2D eigenvalue weighted by molar-refractivity contribution is -0.156. The average molecular weight is 226 g/mol. The molecule has 0 aromatic carbocycles. The molecule has 2 N–H and O–H groups in total. The van der Waals surface area contributed by atoms with E-state index in [4.69, 9.17) is 0 Å². The second-order valence-electron chi connectivity index (χ2n) is 5.23. The van der Waals surface area contributed by atoms with Crippen molar-refractivity contribution in [1.29, 1.82) is 0 Å². The molecule has 0 aliphatic carbocycles. The number of nitrogens with one attached hydrogen (secondary N) is 1. The Hall–Kier alpha value is -0.610. The normalized spacial score (nSPS) is 27.9. The number of amides is 1. The molecule has 2 rings (SSSR count). The van der Waals surface area contributed by atoms with Crippen molar-refractivity contribution in [2.75, 3.05) is 26.2 Å².